The summed E-state index contributed by atoms with van der Waals surface area (Å²) in [6.07, 6.45) is 0.877. The van der Waals surface area contributed by atoms with Gasteiger partial charge in [-0.2, -0.15) is 0 Å². The highest BCUT2D eigenvalue weighted by Crippen LogP contribution is 2.27. The SMILES string of the molecule is CCc1csc(N(CC)C(C)(C)C(=O)O)n1. The van der Waals surface area contributed by atoms with Gasteiger partial charge in [0.25, 0.3) is 0 Å². The molecule has 1 rings (SSSR count). The van der Waals surface area contributed by atoms with Gasteiger partial charge in [-0.25, -0.2) is 9.78 Å². The van der Waals surface area contributed by atoms with Gasteiger partial charge in [-0.1, -0.05) is 6.92 Å². The highest BCUT2D eigenvalue weighted by molar-refractivity contribution is 7.13. The van der Waals surface area contributed by atoms with Crippen LogP contribution in [0.15, 0.2) is 5.38 Å². The lowest BCUT2D eigenvalue weighted by atomic mass is 10.0. The summed E-state index contributed by atoms with van der Waals surface area (Å²) in [4.78, 5) is 17.5. The molecule has 0 aromatic carbocycles. The molecule has 5 heteroatoms. The molecule has 16 heavy (non-hydrogen) atoms. The Balaban J connectivity index is 3.02. The number of nitrogens with zero attached hydrogens (tertiary/aromatic N) is 2. The van der Waals surface area contributed by atoms with E-state index in [-0.39, 0.29) is 0 Å². The zero-order valence-electron chi connectivity index (χ0n) is 10.1. The molecule has 0 saturated heterocycles. The van der Waals surface area contributed by atoms with Crippen LogP contribution in [0.4, 0.5) is 5.13 Å². The Kier molecular flexibility index (Phi) is 3.91. The molecule has 0 amide bonds. The number of aliphatic carboxylic acids is 1. The van der Waals surface area contributed by atoms with Crippen molar-refractivity contribution in [3.63, 3.8) is 0 Å². The first-order valence-corrected chi connectivity index (χ1v) is 6.26. The Hall–Kier alpha value is -1.10. The number of thiazole rings is 1. The number of rotatable bonds is 5. The molecule has 0 fully saturated rings. The van der Waals surface area contributed by atoms with E-state index in [0.29, 0.717) is 6.54 Å². The summed E-state index contributed by atoms with van der Waals surface area (Å²) in [5.41, 5.74) is 0.0945. The van der Waals surface area contributed by atoms with Crippen molar-refractivity contribution in [3.05, 3.63) is 11.1 Å². The first-order chi connectivity index (χ1) is 7.43. The molecule has 0 aliphatic heterocycles. The van der Waals surface area contributed by atoms with E-state index in [0.717, 1.165) is 17.2 Å². The van der Waals surface area contributed by atoms with Gasteiger partial charge < -0.3 is 10.0 Å². The number of carbonyl (C=O) groups is 1. The van der Waals surface area contributed by atoms with E-state index < -0.39 is 11.5 Å². The van der Waals surface area contributed by atoms with Gasteiger partial charge in [0.1, 0.15) is 5.54 Å². The number of hydrogen-bond acceptors (Lipinski definition) is 4. The van der Waals surface area contributed by atoms with Crippen molar-refractivity contribution in [2.75, 3.05) is 11.4 Å². The lowest BCUT2D eigenvalue weighted by Gasteiger charge is -2.33. The smallest absolute Gasteiger partial charge is 0.329 e. The maximum Gasteiger partial charge on any atom is 0.329 e. The molecule has 1 N–H and O–H groups in total. The molecule has 4 nitrogen and oxygen atoms in total. The largest absolute Gasteiger partial charge is 0.480 e. The highest BCUT2D eigenvalue weighted by atomic mass is 32.1. The maximum atomic E-state index is 11.2. The summed E-state index contributed by atoms with van der Waals surface area (Å²) in [7, 11) is 0. The van der Waals surface area contributed by atoms with Gasteiger partial charge in [-0.3, -0.25) is 0 Å². The third-order valence-corrected chi connectivity index (χ3v) is 3.56. The quantitative estimate of drug-likeness (QED) is 0.861. The molecule has 0 radical (unpaired) electrons. The summed E-state index contributed by atoms with van der Waals surface area (Å²) in [6.45, 7) is 8.02. The third kappa shape index (κ3) is 2.35. The molecule has 1 aromatic rings. The molecule has 1 heterocycles. The van der Waals surface area contributed by atoms with Crippen LogP contribution >= 0.6 is 11.3 Å². The van der Waals surface area contributed by atoms with Gasteiger partial charge >= 0.3 is 5.97 Å². The summed E-state index contributed by atoms with van der Waals surface area (Å²) < 4.78 is 0. The number of carboxylic acids is 1. The molecule has 0 aliphatic carbocycles. The standard InChI is InChI=1S/C11H18N2O2S/c1-5-8-7-16-10(12-8)13(6-2)11(3,4)9(14)15/h7H,5-6H2,1-4H3,(H,14,15). The van der Waals surface area contributed by atoms with Gasteiger partial charge in [0.2, 0.25) is 0 Å². The Morgan fingerprint density at radius 3 is 2.56 bits per heavy atom. The maximum absolute atomic E-state index is 11.2. The van der Waals surface area contributed by atoms with Crippen LogP contribution in [0.5, 0.6) is 0 Å². The van der Waals surface area contributed by atoms with Crippen molar-refractivity contribution in [1.82, 2.24) is 4.98 Å². The Morgan fingerprint density at radius 2 is 2.19 bits per heavy atom. The zero-order valence-corrected chi connectivity index (χ0v) is 11.0. The van der Waals surface area contributed by atoms with Gasteiger partial charge in [-0.15, -0.1) is 11.3 Å². The first-order valence-electron chi connectivity index (χ1n) is 5.38. The Labute approximate surface area is 99.9 Å². The first kappa shape index (κ1) is 13.0. The normalized spacial score (nSPS) is 11.5. The monoisotopic (exact) mass is 242 g/mol. The van der Waals surface area contributed by atoms with E-state index >= 15 is 0 Å². The predicted octanol–water partition coefficient (Wildman–Crippen LogP) is 2.40. The lowest BCUT2D eigenvalue weighted by molar-refractivity contribution is -0.142. The average Bonchev–Trinajstić information content (AvgIpc) is 2.66. The molecular formula is C11H18N2O2S. The second-order valence-electron chi connectivity index (χ2n) is 4.08. The van der Waals surface area contributed by atoms with E-state index in [4.69, 9.17) is 0 Å². The van der Waals surface area contributed by atoms with Crippen LogP contribution in [0.2, 0.25) is 0 Å². The number of aromatic nitrogens is 1. The molecule has 0 bridgehead atoms. The molecule has 90 valence electrons. The number of anilines is 1. The van der Waals surface area contributed by atoms with Crippen molar-refractivity contribution >= 4 is 22.4 Å². The highest BCUT2D eigenvalue weighted by Gasteiger charge is 2.35. The van der Waals surface area contributed by atoms with Gasteiger partial charge in [0.15, 0.2) is 5.13 Å². The molecular weight excluding hydrogens is 224 g/mol. The van der Waals surface area contributed by atoms with Crippen LogP contribution in [0, 0.1) is 0 Å². The Bertz CT molecular complexity index is 374. The number of likely N-dealkylation sites (N-methyl/N-ethyl adjacent to an activating group) is 1. The fraction of sp³-hybridized carbons (Fsp3) is 0.636. The van der Waals surface area contributed by atoms with E-state index in [9.17, 15) is 9.90 Å². The lowest BCUT2D eigenvalue weighted by Crippen LogP contribution is -2.50. The van der Waals surface area contributed by atoms with Crippen LogP contribution in [0.3, 0.4) is 0 Å². The van der Waals surface area contributed by atoms with Crippen LogP contribution in [0.1, 0.15) is 33.4 Å². The number of aryl methyl sites for hydroxylation is 1. The van der Waals surface area contributed by atoms with E-state index in [2.05, 4.69) is 4.98 Å². The Morgan fingerprint density at radius 1 is 1.56 bits per heavy atom. The van der Waals surface area contributed by atoms with Crippen molar-refractivity contribution in [1.29, 1.82) is 0 Å². The summed E-state index contributed by atoms with van der Waals surface area (Å²) in [5.74, 6) is -0.831. The van der Waals surface area contributed by atoms with Crippen LogP contribution in [-0.4, -0.2) is 28.1 Å². The summed E-state index contributed by atoms with van der Waals surface area (Å²) in [5, 5.41) is 12.0. The van der Waals surface area contributed by atoms with Gasteiger partial charge in [0, 0.05) is 11.9 Å². The second kappa shape index (κ2) is 4.82. The molecule has 0 unspecified atom stereocenters. The van der Waals surface area contributed by atoms with E-state index in [1.54, 1.807) is 13.8 Å². The molecule has 0 aliphatic rings. The van der Waals surface area contributed by atoms with Crippen LogP contribution < -0.4 is 4.90 Å². The van der Waals surface area contributed by atoms with Gasteiger partial charge in [0.05, 0.1) is 5.69 Å². The molecule has 1 aromatic heterocycles. The topological polar surface area (TPSA) is 53.4 Å². The van der Waals surface area contributed by atoms with Crippen LogP contribution in [-0.2, 0) is 11.2 Å². The predicted molar refractivity (Wildman–Crippen MR) is 66.2 cm³/mol. The zero-order chi connectivity index (χ0) is 12.3. The minimum atomic E-state index is -0.919. The molecule has 0 saturated carbocycles. The second-order valence-corrected chi connectivity index (χ2v) is 4.92. The molecule has 0 spiro atoms. The van der Waals surface area contributed by atoms with Crippen molar-refractivity contribution in [2.24, 2.45) is 0 Å². The average molecular weight is 242 g/mol. The minimum absolute atomic E-state index is 0.635. The van der Waals surface area contributed by atoms with Crippen molar-refractivity contribution in [3.8, 4) is 0 Å². The fourth-order valence-electron chi connectivity index (χ4n) is 1.47. The van der Waals surface area contributed by atoms with Crippen LogP contribution in [0.25, 0.3) is 0 Å². The van der Waals surface area contributed by atoms with E-state index in [1.807, 2.05) is 24.1 Å². The van der Waals surface area contributed by atoms with E-state index in [1.165, 1.54) is 11.3 Å². The van der Waals surface area contributed by atoms with Gasteiger partial charge in [-0.05, 0) is 27.2 Å². The van der Waals surface area contributed by atoms with Crippen molar-refractivity contribution in [2.45, 2.75) is 39.7 Å². The minimum Gasteiger partial charge on any atom is -0.480 e. The summed E-state index contributed by atoms with van der Waals surface area (Å²) >= 11 is 1.50. The fourth-order valence-corrected chi connectivity index (χ4v) is 2.58. The molecule has 0 atom stereocenters. The third-order valence-electron chi connectivity index (χ3n) is 2.65. The number of carboxylic acid groups (broad SMARTS) is 1. The summed E-state index contributed by atoms with van der Waals surface area (Å²) in [6, 6.07) is 0. The number of hydrogen-bond donors (Lipinski definition) is 1. The van der Waals surface area contributed by atoms with Crippen molar-refractivity contribution < 1.29 is 9.90 Å².